The van der Waals surface area contributed by atoms with Crippen LogP contribution in [0.3, 0.4) is 0 Å². The molecular weight excluding hydrogens is 401 g/mol. The van der Waals surface area contributed by atoms with Gasteiger partial charge in [0.15, 0.2) is 6.61 Å². The number of carbonyl (C=O) groups excluding carboxylic acids is 2. The average molecular weight is 429 g/mol. The van der Waals surface area contributed by atoms with Crippen LogP contribution in [0.5, 0.6) is 11.5 Å². The molecule has 1 N–H and O–H groups in total. The molecule has 2 aromatic carbocycles. The summed E-state index contributed by atoms with van der Waals surface area (Å²) in [5.41, 5.74) is 0.558. The summed E-state index contributed by atoms with van der Waals surface area (Å²) in [6.45, 7) is 5.19. The first-order valence-electron chi connectivity index (χ1n) is 10.4. The molecule has 0 saturated carbocycles. The minimum absolute atomic E-state index is 0.0276. The van der Waals surface area contributed by atoms with Crippen molar-refractivity contribution in [1.82, 2.24) is 9.80 Å². The fraction of sp³-hybridized carbons (Fsp3) is 0.391. The molecular formula is C23H28FN3O4. The van der Waals surface area contributed by atoms with Crippen LogP contribution in [0, 0.1) is 5.82 Å². The zero-order valence-corrected chi connectivity index (χ0v) is 17.7. The van der Waals surface area contributed by atoms with Gasteiger partial charge in [0, 0.05) is 31.9 Å². The van der Waals surface area contributed by atoms with E-state index in [1.165, 1.54) is 24.3 Å². The van der Waals surface area contributed by atoms with E-state index in [-0.39, 0.29) is 30.8 Å². The lowest BCUT2D eigenvalue weighted by atomic mass is 10.3. The summed E-state index contributed by atoms with van der Waals surface area (Å²) in [4.78, 5) is 28.3. The minimum Gasteiger partial charge on any atom is -0.494 e. The molecule has 0 aromatic heterocycles. The molecule has 0 aliphatic carbocycles. The van der Waals surface area contributed by atoms with Crippen molar-refractivity contribution >= 4 is 17.5 Å². The number of nitrogens with zero attached hydrogens (tertiary/aromatic N) is 2. The highest BCUT2D eigenvalue weighted by atomic mass is 19.1. The number of rotatable bonds is 9. The van der Waals surface area contributed by atoms with Crippen LogP contribution in [-0.2, 0) is 9.59 Å². The molecule has 0 unspecified atom stereocenters. The molecule has 166 valence electrons. The summed E-state index contributed by atoms with van der Waals surface area (Å²) in [7, 11) is 0. The Kier molecular flexibility index (Phi) is 8.23. The number of anilines is 1. The first kappa shape index (κ1) is 22.6. The van der Waals surface area contributed by atoms with Crippen molar-refractivity contribution in [2.45, 2.75) is 13.3 Å². The summed E-state index contributed by atoms with van der Waals surface area (Å²) in [6.07, 6.45) is 0.943. The Morgan fingerprint density at radius 3 is 2.16 bits per heavy atom. The number of nitrogens with one attached hydrogen (secondary N) is 1. The van der Waals surface area contributed by atoms with Crippen molar-refractivity contribution < 1.29 is 23.5 Å². The molecule has 2 aromatic rings. The average Bonchev–Trinajstić information content (AvgIpc) is 2.79. The molecule has 0 radical (unpaired) electrons. The van der Waals surface area contributed by atoms with E-state index in [0.29, 0.717) is 44.2 Å². The number of ether oxygens (including phenoxy) is 2. The van der Waals surface area contributed by atoms with Gasteiger partial charge in [0.05, 0.1) is 13.2 Å². The van der Waals surface area contributed by atoms with Crippen LogP contribution in [0.1, 0.15) is 13.3 Å². The monoisotopic (exact) mass is 429 g/mol. The van der Waals surface area contributed by atoms with Gasteiger partial charge in [0.2, 0.25) is 5.91 Å². The molecule has 2 amide bonds. The van der Waals surface area contributed by atoms with E-state index in [1.807, 2.05) is 24.0 Å². The van der Waals surface area contributed by atoms with Gasteiger partial charge in [0.1, 0.15) is 17.3 Å². The molecule has 7 nitrogen and oxygen atoms in total. The maximum Gasteiger partial charge on any atom is 0.260 e. The molecule has 8 heteroatoms. The third kappa shape index (κ3) is 7.25. The third-order valence-electron chi connectivity index (χ3n) is 4.88. The van der Waals surface area contributed by atoms with Gasteiger partial charge >= 0.3 is 0 Å². The van der Waals surface area contributed by atoms with Gasteiger partial charge in [-0.25, -0.2) is 4.39 Å². The van der Waals surface area contributed by atoms with E-state index in [1.54, 1.807) is 17.0 Å². The van der Waals surface area contributed by atoms with Crippen molar-refractivity contribution in [2.75, 3.05) is 51.3 Å². The number of benzene rings is 2. The Bertz CT molecular complexity index is 850. The van der Waals surface area contributed by atoms with Gasteiger partial charge in [-0.1, -0.05) is 6.92 Å². The van der Waals surface area contributed by atoms with Crippen molar-refractivity contribution in [3.8, 4) is 11.5 Å². The topological polar surface area (TPSA) is 71.1 Å². The smallest absolute Gasteiger partial charge is 0.260 e. The van der Waals surface area contributed by atoms with Crippen LogP contribution in [0.25, 0.3) is 0 Å². The Labute approximate surface area is 181 Å². The summed E-state index contributed by atoms with van der Waals surface area (Å²) >= 11 is 0. The Morgan fingerprint density at radius 1 is 0.935 bits per heavy atom. The van der Waals surface area contributed by atoms with E-state index >= 15 is 0 Å². The van der Waals surface area contributed by atoms with Gasteiger partial charge < -0.3 is 19.7 Å². The highest BCUT2D eigenvalue weighted by Gasteiger charge is 2.22. The zero-order chi connectivity index (χ0) is 22.1. The second-order valence-electron chi connectivity index (χ2n) is 7.32. The zero-order valence-electron chi connectivity index (χ0n) is 17.7. The maximum atomic E-state index is 12.9. The van der Waals surface area contributed by atoms with Gasteiger partial charge in [-0.15, -0.1) is 0 Å². The molecule has 1 fully saturated rings. The van der Waals surface area contributed by atoms with Crippen molar-refractivity contribution in [3.05, 3.63) is 54.3 Å². The summed E-state index contributed by atoms with van der Waals surface area (Å²) in [5, 5.41) is 2.75. The van der Waals surface area contributed by atoms with Crippen LogP contribution >= 0.6 is 0 Å². The van der Waals surface area contributed by atoms with Gasteiger partial charge in [0.25, 0.3) is 5.91 Å². The number of amides is 2. The van der Waals surface area contributed by atoms with Crippen molar-refractivity contribution in [2.24, 2.45) is 0 Å². The number of carbonyl (C=O) groups is 2. The molecule has 31 heavy (non-hydrogen) atoms. The summed E-state index contributed by atoms with van der Waals surface area (Å²) in [6, 6.07) is 12.9. The molecule has 0 spiro atoms. The standard InChI is InChI=1S/C23H28FN3O4/c1-2-15-30-20-7-9-21(10-8-20)31-17-23(29)27-13-11-26(12-14-27)16-22(28)25-19-5-3-18(24)4-6-19/h3-10H,2,11-17H2,1H3,(H,25,28). The van der Waals surface area contributed by atoms with E-state index < -0.39 is 0 Å². The quantitative estimate of drug-likeness (QED) is 0.664. The fourth-order valence-corrected chi connectivity index (χ4v) is 3.18. The number of hydrogen-bond donors (Lipinski definition) is 1. The number of piperazine rings is 1. The summed E-state index contributed by atoms with van der Waals surface area (Å²) in [5.74, 6) is 0.803. The lowest BCUT2D eigenvalue weighted by molar-refractivity contribution is -0.135. The van der Waals surface area contributed by atoms with Gasteiger partial charge in [-0.3, -0.25) is 14.5 Å². The van der Waals surface area contributed by atoms with Crippen LogP contribution < -0.4 is 14.8 Å². The van der Waals surface area contributed by atoms with Gasteiger partial charge in [-0.05, 0) is 55.0 Å². The van der Waals surface area contributed by atoms with Crippen LogP contribution in [0.4, 0.5) is 10.1 Å². The van der Waals surface area contributed by atoms with Crippen LogP contribution in [0.2, 0.25) is 0 Å². The fourth-order valence-electron chi connectivity index (χ4n) is 3.18. The van der Waals surface area contributed by atoms with Crippen molar-refractivity contribution in [1.29, 1.82) is 0 Å². The molecule has 1 saturated heterocycles. The molecule has 0 atom stereocenters. The lowest BCUT2D eigenvalue weighted by Crippen LogP contribution is -2.51. The van der Waals surface area contributed by atoms with E-state index in [4.69, 9.17) is 9.47 Å². The second-order valence-corrected chi connectivity index (χ2v) is 7.32. The normalized spacial score (nSPS) is 14.2. The highest BCUT2D eigenvalue weighted by molar-refractivity contribution is 5.92. The Balaban J connectivity index is 1.36. The predicted octanol–water partition coefficient (Wildman–Crippen LogP) is 2.78. The SMILES string of the molecule is CCCOc1ccc(OCC(=O)N2CCN(CC(=O)Nc3ccc(F)cc3)CC2)cc1. The summed E-state index contributed by atoms with van der Waals surface area (Å²) < 4.78 is 24.1. The van der Waals surface area contributed by atoms with E-state index in [2.05, 4.69) is 5.32 Å². The Morgan fingerprint density at radius 2 is 1.55 bits per heavy atom. The number of hydrogen-bond acceptors (Lipinski definition) is 5. The van der Waals surface area contributed by atoms with Crippen molar-refractivity contribution in [3.63, 3.8) is 0 Å². The first-order chi connectivity index (χ1) is 15.0. The molecule has 1 aliphatic heterocycles. The van der Waals surface area contributed by atoms with Gasteiger partial charge in [-0.2, -0.15) is 0 Å². The third-order valence-corrected chi connectivity index (χ3v) is 4.88. The molecule has 3 rings (SSSR count). The van der Waals surface area contributed by atoms with Crippen LogP contribution in [0.15, 0.2) is 48.5 Å². The van der Waals surface area contributed by atoms with Crippen LogP contribution in [-0.4, -0.2) is 67.6 Å². The molecule has 1 aliphatic rings. The lowest BCUT2D eigenvalue weighted by Gasteiger charge is -2.34. The largest absolute Gasteiger partial charge is 0.494 e. The number of halogens is 1. The predicted molar refractivity (Wildman–Crippen MR) is 116 cm³/mol. The van der Waals surface area contributed by atoms with E-state index in [9.17, 15) is 14.0 Å². The van der Waals surface area contributed by atoms with E-state index in [0.717, 1.165) is 12.2 Å². The first-order valence-corrected chi connectivity index (χ1v) is 10.4. The Hall–Kier alpha value is -3.13. The highest BCUT2D eigenvalue weighted by Crippen LogP contribution is 2.18. The molecule has 0 bridgehead atoms. The molecule has 1 heterocycles. The minimum atomic E-state index is -0.347. The maximum absolute atomic E-state index is 12.9. The second kappa shape index (κ2) is 11.3.